The van der Waals surface area contributed by atoms with E-state index in [-0.39, 0.29) is 5.82 Å². The maximum Gasteiger partial charge on any atom is 0.159 e. The van der Waals surface area contributed by atoms with Gasteiger partial charge in [-0.25, -0.2) is 18.7 Å². The fourth-order valence-corrected chi connectivity index (χ4v) is 4.33. The Hall–Kier alpha value is -2.75. The van der Waals surface area contributed by atoms with Crippen LogP contribution < -0.4 is 9.62 Å². The molecule has 3 aromatic heterocycles. The van der Waals surface area contributed by atoms with Crippen molar-refractivity contribution in [3.05, 3.63) is 48.5 Å². The maximum atomic E-state index is 14.4. The summed E-state index contributed by atoms with van der Waals surface area (Å²) in [4.78, 5) is 9.19. The van der Waals surface area contributed by atoms with Gasteiger partial charge in [0.2, 0.25) is 0 Å². The van der Waals surface area contributed by atoms with Crippen LogP contribution in [0.5, 0.6) is 0 Å². The summed E-state index contributed by atoms with van der Waals surface area (Å²) >= 11 is 1.67. The Balaban J connectivity index is 1.46. The second kappa shape index (κ2) is 7.25. The summed E-state index contributed by atoms with van der Waals surface area (Å²) in [5.41, 5.74) is 3.41. The average molecular weight is 409 g/mol. The second-order valence-electron chi connectivity index (χ2n) is 7.08. The summed E-state index contributed by atoms with van der Waals surface area (Å²) in [6, 6.07) is 9.34. The van der Waals surface area contributed by atoms with Crippen LogP contribution in [0.25, 0.3) is 33.2 Å². The summed E-state index contributed by atoms with van der Waals surface area (Å²) in [5, 5.41) is 9.17. The van der Waals surface area contributed by atoms with E-state index in [0.717, 1.165) is 36.2 Å². The first-order valence-electron chi connectivity index (χ1n) is 9.34. The zero-order chi connectivity index (χ0) is 20.0. The Morgan fingerprint density at radius 3 is 2.93 bits per heavy atom. The minimum absolute atomic E-state index is 0.349. The molecule has 7 nitrogen and oxygen atoms in total. The quantitative estimate of drug-likeness (QED) is 0.520. The molecule has 1 saturated heterocycles. The largest absolute Gasteiger partial charge is 0.305 e. The molecule has 1 N–H and O–H groups in total. The minimum Gasteiger partial charge on any atom is -0.305 e. The van der Waals surface area contributed by atoms with Crippen molar-refractivity contribution < 1.29 is 4.39 Å². The molecule has 0 atom stereocenters. The number of nitrogens with one attached hydrogen (secondary N) is 1. The van der Waals surface area contributed by atoms with Crippen molar-refractivity contribution in [1.82, 2.24) is 29.4 Å². The normalized spacial score (nSPS) is 14.9. The predicted octanol–water partition coefficient (Wildman–Crippen LogP) is 3.18. The van der Waals surface area contributed by atoms with Gasteiger partial charge in [0.1, 0.15) is 5.52 Å². The van der Waals surface area contributed by atoms with Crippen LogP contribution in [0.2, 0.25) is 0 Å². The first-order chi connectivity index (χ1) is 14.1. The van der Waals surface area contributed by atoms with Gasteiger partial charge in [-0.1, -0.05) is 0 Å². The smallest absolute Gasteiger partial charge is 0.159 e. The fraction of sp³-hybridized carbons (Fsp3) is 0.250. The van der Waals surface area contributed by atoms with Crippen molar-refractivity contribution in [2.24, 2.45) is 7.05 Å². The highest BCUT2D eigenvalue weighted by Gasteiger charge is 2.16. The molecule has 4 aromatic rings. The average Bonchev–Trinajstić information content (AvgIpc) is 3.36. The number of rotatable bonds is 4. The lowest BCUT2D eigenvalue weighted by atomic mass is 10.1. The molecule has 29 heavy (non-hydrogen) atoms. The third kappa shape index (κ3) is 3.52. The summed E-state index contributed by atoms with van der Waals surface area (Å²) in [6.07, 6.45) is 3.62. The van der Waals surface area contributed by atoms with Gasteiger partial charge in [0.15, 0.2) is 11.5 Å². The van der Waals surface area contributed by atoms with E-state index in [4.69, 9.17) is 0 Å². The number of aromatic nitrogens is 4. The fourth-order valence-electron chi connectivity index (χ4n) is 3.47. The third-order valence-corrected chi connectivity index (χ3v) is 5.93. The first kappa shape index (κ1) is 18.3. The van der Waals surface area contributed by atoms with E-state index >= 15 is 0 Å². The molecule has 0 amide bonds. The van der Waals surface area contributed by atoms with Gasteiger partial charge in [-0.3, -0.25) is 4.68 Å². The number of benzene rings is 1. The standard InChI is InChI=1S/C20H20FN7S/c1-26-11-15-7-14(9-17(21)19(15)25-26)18-4-3-13-8-16(10-23-20(13)24-18)27(2)29-28-6-5-22-12-28/h3-4,7-11,22H,5-6,12H2,1-2H3. The molecule has 9 heteroatoms. The summed E-state index contributed by atoms with van der Waals surface area (Å²) in [6.45, 7) is 2.90. The van der Waals surface area contributed by atoms with Crippen molar-refractivity contribution in [1.29, 1.82) is 0 Å². The highest BCUT2D eigenvalue weighted by molar-refractivity contribution is 7.98. The van der Waals surface area contributed by atoms with Gasteiger partial charge in [-0.2, -0.15) is 5.10 Å². The minimum atomic E-state index is -0.349. The number of fused-ring (bicyclic) bond motifs is 2. The molecule has 0 spiro atoms. The lowest BCUT2D eigenvalue weighted by molar-refractivity contribution is 0.575. The van der Waals surface area contributed by atoms with E-state index in [9.17, 15) is 4.39 Å². The van der Waals surface area contributed by atoms with Crippen molar-refractivity contribution >= 4 is 39.8 Å². The van der Waals surface area contributed by atoms with E-state index in [2.05, 4.69) is 35.1 Å². The molecule has 0 aliphatic carbocycles. The van der Waals surface area contributed by atoms with Gasteiger partial charge in [-0.15, -0.1) is 0 Å². The molecule has 1 aliphatic rings. The third-order valence-electron chi connectivity index (χ3n) is 4.93. The zero-order valence-electron chi connectivity index (χ0n) is 16.1. The number of pyridine rings is 2. The Kier molecular flexibility index (Phi) is 4.57. The molecule has 5 rings (SSSR count). The number of hydrogen-bond acceptors (Lipinski definition) is 7. The van der Waals surface area contributed by atoms with E-state index in [1.54, 1.807) is 30.1 Å². The van der Waals surface area contributed by atoms with Crippen LogP contribution in [-0.2, 0) is 7.05 Å². The van der Waals surface area contributed by atoms with E-state index in [1.807, 2.05) is 31.4 Å². The predicted molar refractivity (Wildman–Crippen MR) is 115 cm³/mol. The van der Waals surface area contributed by atoms with Gasteiger partial charge in [0.25, 0.3) is 0 Å². The Morgan fingerprint density at radius 2 is 2.10 bits per heavy atom. The van der Waals surface area contributed by atoms with Crippen LogP contribution in [0.1, 0.15) is 0 Å². The molecule has 148 valence electrons. The first-order valence-corrected chi connectivity index (χ1v) is 10.1. The molecule has 0 saturated carbocycles. The molecule has 4 heterocycles. The Bertz CT molecular complexity index is 1200. The molecule has 1 fully saturated rings. The van der Waals surface area contributed by atoms with Gasteiger partial charge in [0.05, 0.1) is 24.2 Å². The number of nitrogens with zero attached hydrogens (tertiary/aromatic N) is 6. The van der Waals surface area contributed by atoms with E-state index < -0.39 is 0 Å². The van der Waals surface area contributed by atoms with E-state index in [1.165, 1.54) is 6.07 Å². The molecule has 1 aliphatic heterocycles. The summed E-state index contributed by atoms with van der Waals surface area (Å²) < 4.78 is 20.4. The van der Waals surface area contributed by atoms with Crippen molar-refractivity contribution in [3.63, 3.8) is 0 Å². The molecule has 1 aromatic carbocycles. The summed E-state index contributed by atoms with van der Waals surface area (Å²) in [5.74, 6) is -0.349. The number of aryl methyl sites for hydroxylation is 1. The molecule has 0 unspecified atom stereocenters. The number of hydrogen-bond donors (Lipinski definition) is 1. The second-order valence-corrected chi connectivity index (χ2v) is 8.31. The summed E-state index contributed by atoms with van der Waals surface area (Å²) in [7, 11) is 3.81. The van der Waals surface area contributed by atoms with Crippen LogP contribution in [-0.4, -0.2) is 50.9 Å². The molecular formula is C20H20FN7S. The van der Waals surface area contributed by atoms with Crippen molar-refractivity contribution in [2.75, 3.05) is 31.1 Å². The number of halogens is 1. The van der Waals surface area contributed by atoms with E-state index in [0.29, 0.717) is 22.4 Å². The van der Waals surface area contributed by atoms with Gasteiger partial charge >= 0.3 is 0 Å². The van der Waals surface area contributed by atoms with Crippen LogP contribution in [0.3, 0.4) is 0 Å². The van der Waals surface area contributed by atoms with Crippen LogP contribution in [0, 0.1) is 5.82 Å². The lowest BCUT2D eigenvalue weighted by Crippen LogP contribution is -2.21. The molecule has 0 radical (unpaired) electrons. The Labute approximate surface area is 171 Å². The molecule has 0 bridgehead atoms. The zero-order valence-corrected chi connectivity index (χ0v) is 16.9. The van der Waals surface area contributed by atoms with Crippen molar-refractivity contribution in [2.45, 2.75) is 0 Å². The lowest BCUT2D eigenvalue weighted by Gasteiger charge is -2.22. The van der Waals surface area contributed by atoms with Crippen LogP contribution >= 0.6 is 12.1 Å². The van der Waals surface area contributed by atoms with Gasteiger partial charge < -0.3 is 9.62 Å². The highest BCUT2D eigenvalue weighted by atomic mass is 32.2. The SMILES string of the molecule is CN(SN1CCNC1)c1cnc2nc(-c3cc(F)c4nn(C)cc4c3)ccc2c1. The highest BCUT2D eigenvalue weighted by Crippen LogP contribution is 2.29. The van der Waals surface area contributed by atoms with Crippen molar-refractivity contribution in [3.8, 4) is 11.3 Å². The monoisotopic (exact) mass is 409 g/mol. The molecular weight excluding hydrogens is 389 g/mol. The topological polar surface area (TPSA) is 62.1 Å². The van der Waals surface area contributed by atoms with Gasteiger partial charge in [0, 0.05) is 61.9 Å². The van der Waals surface area contributed by atoms with Crippen LogP contribution in [0.15, 0.2) is 42.7 Å². The Morgan fingerprint density at radius 1 is 1.21 bits per heavy atom. The maximum absolute atomic E-state index is 14.4. The van der Waals surface area contributed by atoms with Gasteiger partial charge in [-0.05, 0) is 30.3 Å². The number of anilines is 1. The van der Waals surface area contributed by atoms with Crippen LogP contribution in [0.4, 0.5) is 10.1 Å².